The number of nitrogens with one attached hydrogen (secondary N) is 1. The summed E-state index contributed by atoms with van der Waals surface area (Å²) in [6.45, 7) is 0. The third-order valence-corrected chi connectivity index (χ3v) is 8.08. The second-order valence-corrected chi connectivity index (χ2v) is 10.3. The summed E-state index contributed by atoms with van der Waals surface area (Å²) < 4.78 is 2.54. The molecule has 1 aliphatic heterocycles. The largest absolute Gasteiger partial charge is 0.324 e. The Kier molecular flexibility index (Phi) is 5.09. The lowest BCUT2D eigenvalue weighted by Gasteiger charge is -2.23. The van der Waals surface area contributed by atoms with Crippen molar-refractivity contribution < 1.29 is 0 Å². The molecule has 1 N–H and O–H groups in total. The van der Waals surface area contributed by atoms with E-state index in [0.717, 1.165) is 44.2 Å². The highest BCUT2D eigenvalue weighted by molar-refractivity contribution is 7.25. The molecule has 1 atom stereocenters. The van der Waals surface area contributed by atoms with Gasteiger partial charge >= 0.3 is 0 Å². The van der Waals surface area contributed by atoms with Crippen LogP contribution >= 0.6 is 22.9 Å². The van der Waals surface area contributed by atoms with Crippen LogP contribution in [0.3, 0.4) is 0 Å². The van der Waals surface area contributed by atoms with Crippen LogP contribution < -0.4 is 5.32 Å². The molecule has 6 aromatic rings. The lowest BCUT2D eigenvalue weighted by molar-refractivity contribution is 0.756. The first kappa shape index (κ1) is 21.3. The van der Waals surface area contributed by atoms with E-state index in [0.29, 0.717) is 0 Å². The maximum absolute atomic E-state index is 6.52. The van der Waals surface area contributed by atoms with Crippen molar-refractivity contribution >= 4 is 65.6 Å². The van der Waals surface area contributed by atoms with Crippen molar-refractivity contribution in [1.82, 2.24) is 5.32 Å². The van der Waals surface area contributed by atoms with E-state index < -0.39 is 0 Å². The normalized spacial score (nSPS) is 15.6. The van der Waals surface area contributed by atoms with Crippen molar-refractivity contribution in [1.29, 1.82) is 0 Å². The van der Waals surface area contributed by atoms with Crippen molar-refractivity contribution in [2.75, 3.05) is 0 Å². The van der Waals surface area contributed by atoms with Gasteiger partial charge in [-0.2, -0.15) is 0 Å². The van der Waals surface area contributed by atoms with Gasteiger partial charge in [-0.1, -0.05) is 96.5 Å². The van der Waals surface area contributed by atoms with E-state index in [1.807, 2.05) is 59.9 Å². The van der Waals surface area contributed by atoms with Crippen LogP contribution in [0.2, 0.25) is 5.02 Å². The Morgan fingerprint density at radius 3 is 2.17 bits per heavy atom. The lowest BCUT2D eigenvalue weighted by Crippen LogP contribution is -2.36. The fraction of sp³-hybridized carbons (Fsp3) is 0.0323. The molecule has 36 heavy (non-hydrogen) atoms. The van der Waals surface area contributed by atoms with Crippen molar-refractivity contribution in [3.05, 3.63) is 131 Å². The highest BCUT2D eigenvalue weighted by atomic mass is 35.5. The minimum Gasteiger partial charge on any atom is -0.324 e. The van der Waals surface area contributed by atoms with Crippen LogP contribution in [-0.2, 0) is 0 Å². The molecule has 1 aromatic heterocycles. The van der Waals surface area contributed by atoms with Gasteiger partial charge in [0.1, 0.15) is 11.7 Å². The second-order valence-electron chi connectivity index (χ2n) is 8.81. The summed E-state index contributed by atoms with van der Waals surface area (Å²) in [7, 11) is 0. The number of amidine groups is 2. The van der Waals surface area contributed by atoms with Crippen LogP contribution in [0.15, 0.2) is 119 Å². The van der Waals surface area contributed by atoms with Crippen LogP contribution in [-0.4, -0.2) is 11.7 Å². The molecule has 7 rings (SSSR count). The first-order valence-electron chi connectivity index (χ1n) is 11.8. The molecule has 1 aliphatic rings. The Labute approximate surface area is 217 Å². The predicted octanol–water partition coefficient (Wildman–Crippen LogP) is 8.36. The van der Waals surface area contributed by atoms with Crippen LogP contribution in [0.25, 0.3) is 30.9 Å². The third-order valence-electron chi connectivity index (χ3n) is 6.62. The molecule has 0 bridgehead atoms. The first-order valence-corrected chi connectivity index (χ1v) is 13.0. The molecule has 0 aliphatic carbocycles. The maximum Gasteiger partial charge on any atom is 0.169 e. The minimum atomic E-state index is -0.343. The van der Waals surface area contributed by atoms with E-state index in [2.05, 4.69) is 66.0 Å². The summed E-state index contributed by atoms with van der Waals surface area (Å²) in [6, 6.07) is 37.5. The van der Waals surface area contributed by atoms with Crippen LogP contribution in [0.4, 0.5) is 0 Å². The van der Waals surface area contributed by atoms with E-state index in [1.54, 1.807) is 0 Å². The minimum absolute atomic E-state index is 0.343. The highest BCUT2D eigenvalue weighted by Crippen LogP contribution is 2.35. The predicted molar refractivity (Wildman–Crippen MR) is 154 cm³/mol. The van der Waals surface area contributed by atoms with E-state index in [1.165, 1.54) is 20.2 Å². The number of hydrogen-bond donors (Lipinski definition) is 1. The van der Waals surface area contributed by atoms with Gasteiger partial charge in [0.2, 0.25) is 0 Å². The number of hydrogen-bond acceptors (Lipinski definition) is 4. The Morgan fingerprint density at radius 1 is 0.611 bits per heavy atom. The fourth-order valence-electron chi connectivity index (χ4n) is 4.85. The molecule has 0 amide bonds. The van der Waals surface area contributed by atoms with Gasteiger partial charge in [0.05, 0.1) is 0 Å². The molecule has 0 spiro atoms. The third kappa shape index (κ3) is 3.58. The zero-order valence-electron chi connectivity index (χ0n) is 19.2. The molecule has 0 radical (unpaired) electrons. The van der Waals surface area contributed by atoms with Crippen molar-refractivity contribution in [2.45, 2.75) is 6.17 Å². The molecular weight excluding hydrogens is 482 g/mol. The van der Waals surface area contributed by atoms with Crippen molar-refractivity contribution in [3.8, 4) is 0 Å². The van der Waals surface area contributed by atoms with E-state index >= 15 is 0 Å². The van der Waals surface area contributed by atoms with Crippen molar-refractivity contribution in [2.24, 2.45) is 9.98 Å². The number of halogens is 1. The van der Waals surface area contributed by atoms with Crippen molar-refractivity contribution in [3.63, 3.8) is 0 Å². The molecule has 5 aromatic carbocycles. The number of thiophene rings is 1. The summed E-state index contributed by atoms with van der Waals surface area (Å²) in [4.78, 5) is 10.1. The monoisotopic (exact) mass is 501 g/mol. The van der Waals surface area contributed by atoms with Gasteiger partial charge in [-0.3, -0.25) is 0 Å². The van der Waals surface area contributed by atoms with Gasteiger partial charge < -0.3 is 5.32 Å². The fourth-order valence-corrected chi connectivity index (χ4v) is 6.22. The molecule has 0 saturated heterocycles. The van der Waals surface area contributed by atoms with E-state index in [9.17, 15) is 0 Å². The van der Waals surface area contributed by atoms with Gasteiger partial charge in [0.25, 0.3) is 0 Å². The van der Waals surface area contributed by atoms with Gasteiger partial charge in [0.15, 0.2) is 6.17 Å². The number of nitrogens with zero attached hydrogens (tertiary/aromatic N) is 2. The Balaban J connectivity index is 1.38. The average molecular weight is 502 g/mol. The zero-order chi connectivity index (χ0) is 24.1. The van der Waals surface area contributed by atoms with Gasteiger partial charge in [-0.05, 0) is 35.2 Å². The quantitative estimate of drug-likeness (QED) is 0.260. The van der Waals surface area contributed by atoms with E-state index in [4.69, 9.17) is 21.6 Å². The van der Waals surface area contributed by atoms with Crippen LogP contribution in [0.5, 0.6) is 0 Å². The van der Waals surface area contributed by atoms with E-state index in [-0.39, 0.29) is 6.17 Å². The molecule has 172 valence electrons. The number of rotatable bonds is 3. The first-order chi connectivity index (χ1) is 17.7. The Bertz CT molecular complexity index is 1840. The smallest absolute Gasteiger partial charge is 0.169 e. The van der Waals surface area contributed by atoms with Crippen LogP contribution in [0, 0.1) is 0 Å². The Morgan fingerprint density at radius 2 is 1.31 bits per heavy atom. The summed E-state index contributed by atoms with van der Waals surface area (Å²) in [6.07, 6.45) is -0.343. The summed E-state index contributed by atoms with van der Waals surface area (Å²) >= 11 is 8.33. The molecular formula is C31H20ClN3S. The molecule has 0 saturated carbocycles. The molecule has 1 unspecified atom stereocenters. The summed E-state index contributed by atoms with van der Waals surface area (Å²) in [5.74, 6) is 1.60. The van der Waals surface area contributed by atoms with Gasteiger partial charge in [0, 0.05) is 41.7 Å². The SMILES string of the molecule is Clc1ccc(C2=NC(c3ccccc3)N=C(c3ccc4c(c3)sc3ccccc34)N2)c2ccccc12. The molecule has 0 fully saturated rings. The molecule has 3 nitrogen and oxygen atoms in total. The van der Waals surface area contributed by atoms with Gasteiger partial charge in [-0.25, -0.2) is 9.98 Å². The van der Waals surface area contributed by atoms with Crippen LogP contribution in [0.1, 0.15) is 22.9 Å². The number of benzene rings is 5. The summed E-state index contributed by atoms with van der Waals surface area (Å²) in [5.41, 5.74) is 3.10. The molecule has 5 heteroatoms. The number of aliphatic imine (C=N–C) groups is 2. The maximum atomic E-state index is 6.52. The zero-order valence-corrected chi connectivity index (χ0v) is 20.7. The second kappa shape index (κ2) is 8.59. The highest BCUT2D eigenvalue weighted by Gasteiger charge is 2.22. The lowest BCUT2D eigenvalue weighted by atomic mass is 10.0. The summed E-state index contributed by atoms with van der Waals surface area (Å²) in [5, 5.41) is 8.92. The van der Waals surface area contributed by atoms with Gasteiger partial charge in [-0.15, -0.1) is 11.3 Å². The topological polar surface area (TPSA) is 36.8 Å². The number of fused-ring (bicyclic) bond motifs is 4. The standard InChI is InChI=1S/C31H20ClN3S/c32-26-17-16-25(21-10-4-5-11-22(21)26)31-34-29(19-8-2-1-3-9-19)33-30(35-31)20-14-15-24-23-12-6-7-13-27(23)36-28(24)18-20/h1-18,29H,(H,33,34,35). The average Bonchev–Trinajstić information content (AvgIpc) is 3.31. The molecule has 2 heterocycles. The Hall–Kier alpha value is -3.99.